The summed E-state index contributed by atoms with van der Waals surface area (Å²) in [5, 5.41) is 0. The summed E-state index contributed by atoms with van der Waals surface area (Å²) in [6.07, 6.45) is 4.96. The van der Waals surface area contributed by atoms with Gasteiger partial charge < -0.3 is 9.80 Å². The monoisotopic (exact) mass is 688 g/mol. The molecule has 3 heterocycles. The van der Waals surface area contributed by atoms with Crippen molar-refractivity contribution in [2.24, 2.45) is 5.92 Å². The first kappa shape index (κ1) is 35.3. The number of aromatic nitrogens is 2. The summed E-state index contributed by atoms with van der Waals surface area (Å²) in [4.78, 5) is 39.8. The molecule has 0 N–H and O–H groups in total. The van der Waals surface area contributed by atoms with E-state index in [2.05, 4.69) is 22.1 Å². The molecule has 260 valence electrons. The highest BCUT2D eigenvalue weighted by molar-refractivity contribution is 5.96. The zero-order valence-electron chi connectivity index (χ0n) is 28.1. The molecule has 0 bridgehead atoms. The van der Waals surface area contributed by atoms with Gasteiger partial charge in [-0.05, 0) is 71.2 Å². The van der Waals surface area contributed by atoms with Crippen LogP contribution in [0.2, 0.25) is 0 Å². The number of hydrogen-bond donors (Lipinski definition) is 0. The minimum atomic E-state index is -4.70. The first-order chi connectivity index (χ1) is 24.7. The van der Waals surface area contributed by atoms with E-state index in [4.69, 9.17) is 0 Å². The molecule has 1 atom stereocenters. The van der Waals surface area contributed by atoms with Crippen molar-refractivity contribution in [2.45, 2.75) is 44.4 Å². The van der Waals surface area contributed by atoms with Crippen LogP contribution in [0, 0.1) is 5.92 Å². The van der Waals surface area contributed by atoms with E-state index in [9.17, 15) is 22.8 Å². The molecule has 9 heteroatoms. The number of piperidine rings is 1. The van der Waals surface area contributed by atoms with Crippen LogP contribution in [0.15, 0.2) is 134 Å². The number of rotatable bonds is 11. The summed E-state index contributed by atoms with van der Waals surface area (Å²) in [5.41, 5.74) is 3.47. The van der Waals surface area contributed by atoms with Crippen LogP contribution >= 0.6 is 0 Å². The largest absolute Gasteiger partial charge is 0.433 e. The van der Waals surface area contributed by atoms with Crippen molar-refractivity contribution >= 4 is 17.9 Å². The summed E-state index contributed by atoms with van der Waals surface area (Å²) in [7, 11) is 0. The zero-order valence-corrected chi connectivity index (χ0v) is 28.1. The van der Waals surface area contributed by atoms with Crippen molar-refractivity contribution in [1.82, 2.24) is 19.8 Å². The Morgan fingerprint density at radius 2 is 1.45 bits per heavy atom. The fraction of sp³-hybridized carbons (Fsp3) is 0.238. The summed E-state index contributed by atoms with van der Waals surface area (Å²) in [5.74, 6) is -0.315. The lowest BCUT2D eigenvalue weighted by atomic mass is 9.89. The molecule has 6 rings (SSSR count). The quantitative estimate of drug-likeness (QED) is 0.131. The van der Waals surface area contributed by atoms with Gasteiger partial charge in [-0.1, -0.05) is 97.1 Å². The first-order valence-electron chi connectivity index (χ1n) is 17.1. The molecule has 6 nitrogen and oxygen atoms in total. The first-order valence-corrected chi connectivity index (χ1v) is 17.1. The highest BCUT2D eigenvalue weighted by Gasteiger charge is 2.36. The van der Waals surface area contributed by atoms with Crippen LogP contribution in [-0.4, -0.2) is 50.7 Å². The predicted octanol–water partition coefficient (Wildman–Crippen LogP) is 8.30. The Balaban J connectivity index is 1.30. The summed E-state index contributed by atoms with van der Waals surface area (Å²) in [6.45, 7) is 1.19. The molecular weight excluding hydrogens is 649 g/mol. The Bertz CT molecular complexity index is 1910. The molecule has 1 aliphatic heterocycles. The molecular formula is C42H39F3N4O2. The molecule has 3 aromatic carbocycles. The van der Waals surface area contributed by atoms with Crippen LogP contribution in [0.5, 0.6) is 0 Å². The number of halogens is 3. The summed E-state index contributed by atoms with van der Waals surface area (Å²) in [6, 6.07) is 33.0. The number of benzene rings is 3. The molecule has 1 fully saturated rings. The average Bonchev–Trinajstić information content (AvgIpc) is 3.16. The summed E-state index contributed by atoms with van der Waals surface area (Å²) >= 11 is 0. The Morgan fingerprint density at radius 3 is 2.10 bits per heavy atom. The molecule has 51 heavy (non-hydrogen) atoms. The second kappa shape index (κ2) is 16.4. The van der Waals surface area contributed by atoms with Gasteiger partial charge in [0.25, 0.3) is 0 Å². The van der Waals surface area contributed by atoms with Crippen LogP contribution in [0.4, 0.5) is 13.2 Å². The maximum absolute atomic E-state index is 14.5. The van der Waals surface area contributed by atoms with E-state index < -0.39 is 23.8 Å². The highest BCUT2D eigenvalue weighted by atomic mass is 19.4. The van der Waals surface area contributed by atoms with Crippen molar-refractivity contribution in [2.75, 3.05) is 13.1 Å². The third-order valence-corrected chi connectivity index (χ3v) is 9.32. The highest BCUT2D eigenvalue weighted by Crippen LogP contribution is 2.31. The lowest BCUT2D eigenvalue weighted by Crippen LogP contribution is -2.53. The second-order valence-corrected chi connectivity index (χ2v) is 12.8. The second-order valence-electron chi connectivity index (χ2n) is 12.8. The van der Waals surface area contributed by atoms with Gasteiger partial charge in [0.2, 0.25) is 11.8 Å². The fourth-order valence-electron chi connectivity index (χ4n) is 6.60. The smallest absolute Gasteiger partial charge is 0.341 e. The number of pyridine rings is 2. The molecule has 2 aromatic heterocycles. The van der Waals surface area contributed by atoms with Gasteiger partial charge in [0.05, 0.1) is 0 Å². The maximum atomic E-state index is 14.5. The molecule has 1 saturated heterocycles. The van der Waals surface area contributed by atoms with Crippen molar-refractivity contribution in [3.05, 3.63) is 162 Å². The van der Waals surface area contributed by atoms with Gasteiger partial charge in [0.15, 0.2) is 5.69 Å². The minimum absolute atomic E-state index is 0.0728. The molecule has 0 unspecified atom stereocenters. The number of amides is 2. The molecule has 2 amide bonds. The van der Waals surface area contributed by atoms with E-state index in [0.717, 1.165) is 59.9 Å². The third-order valence-electron chi connectivity index (χ3n) is 9.32. The van der Waals surface area contributed by atoms with Crippen molar-refractivity contribution in [1.29, 1.82) is 0 Å². The van der Waals surface area contributed by atoms with Crippen LogP contribution in [0.25, 0.3) is 17.2 Å². The molecule has 0 spiro atoms. The predicted molar refractivity (Wildman–Crippen MR) is 192 cm³/mol. The van der Waals surface area contributed by atoms with Gasteiger partial charge >= 0.3 is 6.18 Å². The number of nitrogens with zero attached hydrogens (tertiary/aromatic N) is 4. The van der Waals surface area contributed by atoms with E-state index >= 15 is 0 Å². The SMILES string of the molecule is O=C([C@H](Cc1ccccc1)N(Cc1ccc(-c2cccnc2)cc1)C(=O)/C=C/c1cccnc1C(F)(F)F)N1CCC(Cc2ccccc2)CC1. The van der Waals surface area contributed by atoms with Gasteiger partial charge in [-0.3, -0.25) is 19.6 Å². The number of likely N-dealkylation sites (tertiary alicyclic amines) is 1. The Morgan fingerprint density at radius 1 is 0.784 bits per heavy atom. The van der Waals surface area contributed by atoms with Crippen LogP contribution < -0.4 is 0 Å². The van der Waals surface area contributed by atoms with Gasteiger partial charge in [-0.2, -0.15) is 13.2 Å². The lowest BCUT2D eigenvalue weighted by Gasteiger charge is -2.38. The van der Waals surface area contributed by atoms with Crippen LogP contribution in [-0.2, 0) is 35.2 Å². The average molecular weight is 689 g/mol. The van der Waals surface area contributed by atoms with Gasteiger partial charge in [0, 0.05) is 56.3 Å². The standard InChI is InChI=1S/C42H39F3N4O2/c43-42(44,45)40-36(13-8-24-47-40)19-20-39(50)49(30-34-15-17-35(18-16-34)37-14-7-23-46-29-37)38(28-32-11-5-2-6-12-32)41(51)48-25-21-33(22-26-48)27-31-9-3-1-4-10-31/h1-20,23-24,29,33,38H,21-22,25-28,30H2/b20-19+/t38-/m0/s1. The molecule has 1 aliphatic rings. The van der Waals surface area contributed by atoms with E-state index in [1.807, 2.05) is 89.8 Å². The van der Waals surface area contributed by atoms with E-state index in [-0.39, 0.29) is 24.4 Å². The van der Waals surface area contributed by atoms with Crippen molar-refractivity contribution in [3.63, 3.8) is 0 Å². The topological polar surface area (TPSA) is 66.4 Å². The minimum Gasteiger partial charge on any atom is -0.341 e. The lowest BCUT2D eigenvalue weighted by molar-refractivity contribution is -0.145. The summed E-state index contributed by atoms with van der Waals surface area (Å²) < 4.78 is 41.3. The van der Waals surface area contributed by atoms with Crippen LogP contribution in [0.1, 0.15) is 40.8 Å². The van der Waals surface area contributed by atoms with E-state index in [1.54, 1.807) is 12.4 Å². The van der Waals surface area contributed by atoms with E-state index in [0.29, 0.717) is 19.0 Å². The number of hydrogen-bond acceptors (Lipinski definition) is 4. The fourth-order valence-corrected chi connectivity index (χ4v) is 6.60. The Kier molecular flexibility index (Phi) is 11.4. The molecule has 5 aromatic rings. The Labute approximate surface area is 296 Å². The molecule has 0 radical (unpaired) electrons. The van der Waals surface area contributed by atoms with Crippen molar-refractivity contribution in [3.8, 4) is 11.1 Å². The van der Waals surface area contributed by atoms with Crippen LogP contribution in [0.3, 0.4) is 0 Å². The molecule has 0 saturated carbocycles. The third kappa shape index (κ3) is 9.36. The van der Waals surface area contributed by atoms with E-state index in [1.165, 1.54) is 22.6 Å². The van der Waals surface area contributed by atoms with Crippen molar-refractivity contribution < 1.29 is 22.8 Å². The number of carbonyl (C=O) groups excluding carboxylic acids is 2. The van der Waals surface area contributed by atoms with Gasteiger partial charge in [0.1, 0.15) is 6.04 Å². The Hall–Kier alpha value is -5.57. The van der Waals surface area contributed by atoms with Gasteiger partial charge in [-0.15, -0.1) is 0 Å². The normalized spacial score (nSPS) is 14.4. The molecule has 0 aliphatic carbocycles. The maximum Gasteiger partial charge on any atom is 0.433 e. The van der Waals surface area contributed by atoms with Gasteiger partial charge in [-0.25, -0.2) is 0 Å². The number of alkyl halides is 3. The zero-order chi connectivity index (χ0) is 35.6. The number of carbonyl (C=O) groups is 2.